The van der Waals surface area contributed by atoms with Crippen LogP contribution >= 0.6 is 27.7 Å². The zero-order valence-corrected chi connectivity index (χ0v) is 23.9. The molecule has 0 atom stereocenters. The first kappa shape index (κ1) is 27.9. The summed E-state index contributed by atoms with van der Waals surface area (Å²) in [5.74, 6) is -0.523. The lowest BCUT2D eigenvalue weighted by atomic mass is 10.1. The van der Waals surface area contributed by atoms with E-state index in [4.69, 9.17) is 4.42 Å². The second kappa shape index (κ2) is 12.7. The van der Waals surface area contributed by atoms with Crippen molar-refractivity contribution in [1.29, 1.82) is 0 Å². The summed E-state index contributed by atoms with van der Waals surface area (Å²) in [5.41, 5.74) is 2.09. The van der Waals surface area contributed by atoms with Crippen LogP contribution in [0.5, 0.6) is 5.75 Å². The molecule has 0 aliphatic carbocycles. The van der Waals surface area contributed by atoms with Crippen LogP contribution < -0.4 is 16.3 Å². The number of carbonyl (C=O) groups is 2. The van der Waals surface area contributed by atoms with Crippen LogP contribution in [0.4, 0.5) is 5.69 Å². The third-order valence-corrected chi connectivity index (χ3v) is 7.56. The lowest BCUT2D eigenvalue weighted by Crippen LogP contribution is -2.30. The van der Waals surface area contributed by atoms with Gasteiger partial charge in [0.1, 0.15) is 17.0 Å². The molecule has 9 heteroatoms. The first-order chi connectivity index (χ1) is 19.8. The van der Waals surface area contributed by atoms with Crippen LogP contribution in [-0.4, -0.2) is 16.9 Å². The van der Waals surface area contributed by atoms with Gasteiger partial charge < -0.3 is 20.2 Å². The number of hydrogen-bond acceptors (Lipinski definition) is 6. The predicted octanol–water partition coefficient (Wildman–Crippen LogP) is 6.96. The van der Waals surface area contributed by atoms with E-state index in [1.165, 1.54) is 23.9 Å². The Labute approximate surface area is 248 Å². The van der Waals surface area contributed by atoms with Gasteiger partial charge in [-0.15, -0.1) is 11.8 Å². The number of carbonyl (C=O) groups excluding carboxylic acids is 2. The number of amides is 2. The number of halogens is 1. The Balaban J connectivity index is 1.33. The van der Waals surface area contributed by atoms with E-state index in [9.17, 15) is 19.5 Å². The van der Waals surface area contributed by atoms with E-state index in [2.05, 4.69) is 26.6 Å². The van der Waals surface area contributed by atoms with Crippen LogP contribution in [-0.2, 0) is 10.5 Å². The molecule has 0 fully saturated rings. The summed E-state index contributed by atoms with van der Waals surface area (Å²) < 4.78 is 6.25. The van der Waals surface area contributed by atoms with Crippen molar-refractivity contribution in [2.24, 2.45) is 0 Å². The highest BCUT2D eigenvalue weighted by atomic mass is 79.9. The van der Waals surface area contributed by atoms with E-state index in [1.807, 2.05) is 36.4 Å². The van der Waals surface area contributed by atoms with Crippen LogP contribution in [0.3, 0.4) is 0 Å². The van der Waals surface area contributed by atoms with Gasteiger partial charge in [0.05, 0.1) is 0 Å². The molecule has 0 bridgehead atoms. The Morgan fingerprint density at radius 1 is 0.902 bits per heavy atom. The third-order valence-electron chi connectivity index (χ3n) is 5.99. The third kappa shape index (κ3) is 7.33. The highest BCUT2D eigenvalue weighted by Gasteiger charge is 2.16. The normalized spacial score (nSPS) is 11.3. The molecule has 2 amide bonds. The number of aromatic hydroxyl groups is 1. The number of fused-ring (bicyclic) bond motifs is 1. The minimum absolute atomic E-state index is 0.0242. The van der Waals surface area contributed by atoms with Crippen LogP contribution in [0.15, 0.2) is 127 Å². The number of anilines is 1. The van der Waals surface area contributed by atoms with Crippen molar-refractivity contribution in [3.05, 3.63) is 140 Å². The molecule has 0 spiro atoms. The van der Waals surface area contributed by atoms with Gasteiger partial charge in [-0.2, -0.15) is 0 Å². The molecule has 1 heterocycles. The minimum Gasteiger partial charge on any atom is -0.508 e. The number of phenolic OH excluding ortho intramolecular Hbond substituents is 1. The first-order valence-electron chi connectivity index (χ1n) is 12.5. The highest BCUT2D eigenvalue weighted by Crippen LogP contribution is 2.27. The van der Waals surface area contributed by atoms with Crippen LogP contribution in [0.1, 0.15) is 21.5 Å². The Morgan fingerprint density at radius 2 is 1.68 bits per heavy atom. The van der Waals surface area contributed by atoms with Crippen molar-refractivity contribution in [1.82, 2.24) is 5.32 Å². The summed E-state index contributed by atoms with van der Waals surface area (Å²) in [6.07, 6.45) is 1.61. The SMILES string of the molecule is O=C(Nc1cccc(SCc2cc3ccc(O)cc3oc2=O)c1)/C(=C/c1ccc(Br)cc1)NC(=O)c1ccccc1. The van der Waals surface area contributed by atoms with E-state index in [0.717, 1.165) is 14.9 Å². The van der Waals surface area contributed by atoms with Crippen LogP contribution in [0.25, 0.3) is 17.0 Å². The summed E-state index contributed by atoms with van der Waals surface area (Å²) in [5, 5.41) is 15.9. The number of rotatable bonds is 8. The molecule has 5 aromatic rings. The van der Waals surface area contributed by atoms with Crippen molar-refractivity contribution >= 4 is 62.2 Å². The highest BCUT2D eigenvalue weighted by molar-refractivity contribution is 9.10. The first-order valence-corrected chi connectivity index (χ1v) is 14.3. The maximum Gasteiger partial charge on any atom is 0.340 e. The Hall–Kier alpha value is -4.60. The fraction of sp³-hybridized carbons (Fsp3) is 0.0312. The maximum absolute atomic E-state index is 13.4. The van der Waals surface area contributed by atoms with Gasteiger partial charge in [-0.3, -0.25) is 9.59 Å². The largest absolute Gasteiger partial charge is 0.508 e. The minimum atomic E-state index is -0.488. The van der Waals surface area contributed by atoms with Crippen molar-refractivity contribution < 1.29 is 19.1 Å². The van der Waals surface area contributed by atoms with Gasteiger partial charge in [0.25, 0.3) is 11.8 Å². The Morgan fingerprint density at radius 3 is 2.46 bits per heavy atom. The summed E-state index contributed by atoms with van der Waals surface area (Å²) in [6.45, 7) is 0. The molecule has 3 N–H and O–H groups in total. The zero-order valence-electron chi connectivity index (χ0n) is 21.5. The molecule has 4 aromatic carbocycles. The van der Waals surface area contributed by atoms with Gasteiger partial charge in [-0.25, -0.2) is 4.79 Å². The second-order valence-electron chi connectivity index (χ2n) is 8.98. The lowest BCUT2D eigenvalue weighted by Gasteiger charge is -2.12. The number of hydrogen-bond donors (Lipinski definition) is 3. The molecule has 1 aromatic heterocycles. The Bertz CT molecular complexity index is 1820. The molecule has 0 radical (unpaired) electrons. The van der Waals surface area contributed by atoms with E-state index < -0.39 is 17.4 Å². The standard InChI is InChI=1S/C32H23BrN2O5S/c33-24-12-9-20(10-13-24)15-28(35-30(37)21-5-2-1-3-6-21)31(38)34-25-7-4-8-27(17-25)41-19-23-16-22-11-14-26(36)18-29(22)40-32(23)39/h1-18,36H,19H2,(H,34,38)(H,35,37)/b28-15-. The zero-order chi connectivity index (χ0) is 28.8. The van der Waals surface area contributed by atoms with Gasteiger partial charge >= 0.3 is 5.63 Å². The number of thioether (sulfide) groups is 1. The fourth-order valence-electron chi connectivity index (χ4n) is 3.93. The number of phenols is 1. The molecular weight excluding hydrogens is 604 g/mol. The van der Waals surface area contributed by atoms with E-state index in [0.29, 0.717) is 33.5 Å². The molecule has 41 heavy (non-hydrogen) atoms. The molecule has 0 unspecified atom stereocenters. The summed E-state index contributed by atoms with van der Waals surface area (Å²) in [6, 6.07) is 29.6. The van der Waals surface area contributed by atoms with Crippen molar-refractivity contribution in [2.75, 3.05) is 5.32 Å². The molecule has 7 nitrogen and oxygen atoms in total. The van der Waals surface area contributed by atoms with Crippen molar-refractivity contribution in [2.45, 2.75) is 10.6 Å². The fourth-order valence-corrected chi connectivity index (χ4v) is 5.11. The van der Waals surface area contributed by atoms with Crippen LogP contribution in [0, 0.1) is 0 Å². The molecule has 0 aliphatic heterocycles. The molecular formula is C32H23BrN2O5S. The summed E-state index contributed by atoms with van der Waals surface area (Å²) in [7, 11) is 0. The summed E-state index contributed by atoms with van der Waals surface area (Å²) in [4.78, 5) is 39.5. The molecule has 0 saturated carbocycles. The van der Waals surface area contributed by atoms with Crippen LogP contribution in [0.2, 0.25) is 0 Å². The molecule has 0 aliphatic rings. The monoisotopic (exact) mass is 626 g/mol. The van der Waals surface area contributed by atoms with Crippen molar-refractivity contribution in [3.63, 3.8) is 0 Å². The van der Waals surface area contributed by atoms with Gasteiger partial charge in [0.2, 0.25) is 0 Å². The Kier molecular flexibility index (Phi) is 8.67. The van der Waals surface area contributed by atoms with Gasteiger partial charge in [-0.05, 0) is 72.3 Å². The van der Waals surface area contributed by atoms with Gasteiger partial charge in [0, 0.05) is 43.4 Å². The van der Waals surface area contributed by atoms with E-state index in [1.54, 1.807) is 60.7 Å². The lowest BCUT2D eigenvalue weighted by molar-refractivity contribution is -0.113. The average molecular weight is 628 g/mol. The predicted molar refractivity (Wildman–Crippen MR) is 165 cm³/mol. The van der Waals surface area contributed by atoms with Gasteiger partial charge in [0.15, 0.2) is 0 Å². The maximum atomic E-state index is 13.4. The molecule has 204 valence electrons. The molecule has 0 saturated heterocycles. The smallest absolute Gasteiger partial charge is 0.340 e. The quantitative estimate of drug-likeness (QED) is 0.0975. The molecule has 5 rings (SSSR count). The van der Waals surface area contributed by atoms with Gasteiger partial charge in [-0.1, -0.05) is 52.3 Å². The summed E-state index contributed by atoms with van der Waals surface area (Å²) >= 11 is 4.82. The number of benzene rings is 4. The topological polar surface area (TPSA) is 109 Å². The van der Waals surface area contributed by atoms with E-state index >= 15 is 0 Å². The average Bonchev–Trinajstić information content (AvgIpc) is 2.97. The van der Waals surface area contributed by atoms with E-state index in [-0.39, 0.29) is 11.4 Å². The number of nitrogens with one attached hydrogen (secondary N) is 2. The second-order valence-corrected chi connectivity index (χ2v) is 10.9. The van der Waals surface area contributed by atoms with Crippen molar-refractivity contribution in [3.8, 4) is 5.75 Å².